The lowest BCUT2D eigenvalue weighted by Gasteiger charge is -2.29. The topological polar surface area (TPSA) is 55.6 Å². The molecule has 0 bridgehead atoms. The standard InChI is InChI=1S/C11H20N2O2/c1-2-13(7-9-3-4-9)10(14)11(12)5-6-15-8-11/h9H,2-8,12H2,1H3. The fourth-order valence-corrected chi connectivity index (χ4v) is 2.03. The van der Waals surface area contributed by atoms with Gasteiger partial charge >= 0.3 is 0 Å². The Morgan fingerprint density at radius 3 is 2.80 bits per heavy atom. The highest BCUT2D eigenvalue weighted by Gasteiger charge is 2.41. The summed E-state index contributed by atoms with van der Waals surface area (Å²) in [6.07, 6.45) is 3.18. The Morgan fingerprint density at radius 1 is 1.60 bits per heavy atom. The summed E-state index contributed by atoms with van der Waals surface area (Å²) in [5, 5.41) is 0. The molecule has 0 spiro atoms. The van der Waals surface area contributed by atoms with Crippen molar-refractivity contribution in [1.29, 1.82) is 0 Å². The maximum atomic E-state index is 12.2. The minimum Gasteiger partial charge on any atom is -0.379 e. The quantitative estimate of drug-likeness (QED) is 0.732. The molecule has 1 aliphatic carbocycles. The van der Waals surface area contributed by atoms with Gasteiger partial charge in [-0.1, -0.05) is 0 Å². The molecule has 2 aliphatic rings. The first kappa shape index (κ1) is 10.9. The highest BCUT2D eigenvalue weighted by Crippen LogP contribution is 2.30. The van der Waals surface area contributed by atoms with Gasteiger partial charge in [0.15, 0.2) is 0 Å². The molecule has 4 nitrogen and oxygen atoms in total. The largest absolute Gasteiger partial charge is 0.379 e. The van der Waals surface area contributed by atoms with Crippen molar-refractivity contribution in [2.75, 3.05) is 26.3 Å². The summed E-state index contributed by atoms with van der Waals surface area (Å²) < 4.78 is 5.22. The van der Waals surface area contributed by atoms with E-state index in [9.17, 15) is 4.79 Å². The summed E-state index contributed by atoms with van der Waals surface area (Å²) >= 11 is 0. The van der Waals surface area contributed by atoms with Crippen LogP contribution in [0.1, 0.15) is 26.2 Å². The Hall–Kier alpha value is -0.610. The number of hydrogen-bond acceptors (Lipinski definition) is 3. The van der Waals surface area contributed by atoms with E-state index < -0.39 is 5.54 Å². The van der Waals surface area contributed by atoms with Crippen molar-refractivity contribution in [2.45, 2.75) is 31.7 Å². The van der Waals surface area contributed by atoms with Crippen LogP contribution in [-0.2, 0) is 9.53 Å². The van der Waals surface area contributed by atoms with Crippen molar-refractivity contribution in [1.82, 2.24) is 4.90 Å². The Bertz CT molecular complexity index is 245. The number of likely N-dealkylation sites (N-methyl/N-ethyl adjacent to an activating group) is 1. The van der Waals surface area contributed by atoms with Crippen LogP contribution in [0.3, 0.4) is 0 Å². The molecule has 15 heavy (non-hydrogen) atoms. The zero-order chi connectivity index (χ0) is 10.9. The average Bonchev–Trinajstić information content (AvgIpc) is 2.95. The third-order valence-corrected chi connectivity index (χ3v) is 3.32. The van der Waals surface area contributed by atoms with Gasteiger partial charge in [-0.3, -0.25) is 4.79 Å². The summed E-state index contributed by atoms with van der Waals surface area (Å²) in [5.74, 6) is 0.800. The van der Waals surface area contributed by atoms with Crippen LogP contribution in [0.5, 0.6) is 0 Å². The monoisotopic (exact) mass is 212 g/mol. The Balaban J connectivity index is 1.96. The summed E-state index contributed by atoms with van der Waals surface area (Å²) in [4.78, 5) is 14.1. The van der Waals surface area contributed by atoms with Crippen LogP contribution in [-0.4, -0.2) is 42.6 Å². The third kappa shape index (κ3) is 2.32. The van der Waals surface area contributed by atoms with Gasteiger partial charge < -0.3 is 15.4 Å². The van der Waals surface area contributed by atoms with Gasteiger partial charge in [0.05, 0.1) is 6.61 Å². The molecule has 1 saturated heterocycles. The van der Waals surface area contributed by atoms with E-state index in [1.165, 1.54) is 12.8 Å². The summed E-state index contributed by atoms with van der Waals surface area (Å²) in [6, 6.07) is 0. The zero-order valence-corrected chi connectivity index (χ0v) is 9.37. The smallest absolute Gasteiger partial charge is 0.245 e. The van der Waals surface area contributed by atoms with Crippen molar-refractivity contribution in [3.63, 3.8) is 0 Å². The second-order valence-electron chi connectivity index (χ2n) is 4.75. The number of hydrogen-bond donors (Lipinski definition) is 1. The molecule has 0 aromatic carbocycles. The first-order valence-corrected chi connectivity index (χ1v) is 5.82. The zero-order valence-electron chi connectivity index (χ0n) is 9.37. The summed E-state index contributed by atoms with van der Waals surface area (Å²) in [7, 11) is 0. The number of nitrogens with zero attached hydrogens (tertiary/aromatic N) is 1. The van der Waals surface area contributed by atoms with E-state index >= 15 is 0 Å². The van der Waals surface area contributed by atoms with E-state index in [2.05, 4.69) is 0 Å². The summed E-state index contributed by atoms with van der Waals surface area (Å²) in [5.41, 5.74) is 5.31. The number of nitrogens with two attached hydrogens (primary N) is 1. The SMILES string of the molecule is CCN(CC1CC1)C(=O)C1(N)CCOC1. The molecule has 0 radical (unpaired) electrons. The van der Waals surface area contributed by atoms with E-state index in [1.807, 2.05) is 11.8 Å². The molecule has 0 aromatic rings. The van der Waals surface area contributed by atoms with E-state index in [0.29, 0.717) is 19.6 Å². The van der Waals surface area contributed by atoms with Crippen molar-refractivity contribution < 1.29 is 9.53 Å². The lowest BCUT2D eigenvalue weighted by atomic mass is 9.98. The maximum Gasteiger partial charge on any atom is 0.245 e. The van der Waals surface area contributed by atoms with Crippen molar-refractivity contribution in [3.05, 3.63) is 0 Å². The second-order valence-corrected chi connectivity index (χ2v) is 4.75. The minimum absolute atomic E-state index is 0.0781. The van der Waals surface area contributed by atoms with Crippen LogP contribution in [0, 0.1) is 5.92 Å². The molecule has 1 aliphatic heterocycles. The van der Waals surface area contributed by atoms with Crippen LogP contribution in [0.25, 0.3) is 0 Å². The molecule has 2 N–H and O–H groups in total. The van der Waals surface area contributed by atoms with Crippen LogP contribution < -0.4 is 5.73 Å². The summed E-state index contributed by atoms with van der Waals surface area (Å²) in [6.45, 7) is 4.65. The second kappa shape index (κ2) is 4.10. The third-order valence-electron chi connectivity index (χ3n) is 3.32. The number of carbonyl (C=O) groups is 1. The number of carbonyl (C=O) groups excluding carboxylic acids is 1. The van der Waals surface area contributed by atoms with Crippen LogP contribution >= 0.6 is 0 Å². The fraction of sp³-hybridized carbons (Fsp3) is 0.909. The lowest BCUT2D eigenvalue weighted by molar-refractivity contribution is -0.137. The lowest BCUT2D eigenvalue weighted by Crippen LogP contribution is -2.56. The van der Waals surface area contributed by atoms with E-state index in [1.54, 1.807) is 0 Å². The molecule has 2 rings (SSSR count). The molecule has 1 heterocycles. The van der Waals surface area contributed by atoms with Gasteiger partial charge in [-0.15, -0.1) is 0 Å². The van der Waals surface area contributed by atoms with Gasteiger partial charge in [0.25, 0.3) is 0 Å². The Labute approximate surface area is 90.8 Å². The van der Waals surface area contributed by atoms with Gasteiger partial charge in [-0.2, -0.15) is 0 Å². The van der Waals surface area contributed by atoms with Crippen LogP contribution in [0.2, 0.25) is 0 Å². The van der Waals surface area contributed by atoms with Gasteiger partial charge in [-0.05, 0) is 32.1 Å². The van der Waals surface area contributed by atoms with Crippen LogP contribution in [0.4, 0.5) is 0 Å². The molecular formula is C11H20N2O2. The van der Waals surface area contributed by atoms with E-state index in [4.69, 9.17) is 10.5 Å². The van der Waals surface area contributed by atoms with Crippen molar-refractivity contribution >= 4 is 5.91 Å². The molecule has 1 saturated carbocycles. The number of amides is 1. The number of rotatable bonds is 4. The van der Waals surface area contributed by atoms with Gasteiger partial charge in [0.1, 0.15) is 5.54 Å². The van der Waals surface area contributed by atoms with Crippen LogP contribution in [0.15, 0.2) is 0 Å². The highest BCUT2D eigenvalue weighted by molar-refractivity contribution is 5.86. The van der Waals surface area contributed by atoms with Crippen molar-refractivity contribution in [3.8, 4) is 0 Å². The highest BCUT2D eigenvalue weighted by atomic mass is 16.5. The molecule has 4 heteroatoms. The average molecular weight is 212 g/mol. The Kier molecular flexibility index (Phi) is 2.98. The molecule has 1 atom stereocenters. The number of ether oxygens (including phenoxy) is 1. The van der Waals surface area contributed by atoms with E-state index in [0.717, 1.165) is 19.0 Å². The van der Waals surface area contributed by atoms with Crippen molar-refractivity contribution in [2.24, 2.45) is 11.7 Å². The van der Waals surface area contributed by atoms with Gasteiger partial charge in [0, 0.05) is 19.7 Å². The normalized spacial score (nSPS) is 30.5. The fourth-order valence-electron chi connectivity index (χ4n) is 2.03. The Morgan fingerprint density at radius 2 is 2.33 bits per heavy atom. The minimum atomic E-state index is -0.745. The first-order chi connectivity index (χ1) is 7.15. The first-order valence-electron chi connectivity index (χ1n) is 5.82. The van der Waals surface area contributed by atoms with Gasteiger partial charge in [0.2, 0.25) is 5.91 Å². The van der Waals surface area contributed by atoms with Gasteiger partial charge in [-0.25, -0.2) is 0 Å². The maximum absolute atomic E-state index is 12.2. The molecule has 1 amide bonds. The molecule has 86 valence electrons. The molecular weight excluding hydrogens is 192 g/mol. The van der Waals surface area contributed by atoms with E-state index in [-0.39, 0.29) is 5.91 Å². The predicted octanol–water partition coefficient (Wildman–Crippen LogP) is 0.363. The molecule has 1 unspecified atom stereocenters. The molecule has 2 fully saturated rings. The molecule has 0 aromatic heterocycles. The predicted molar refractivity (Wildman–Crippen MR) is 57.3 cm³/mol.